The fraction of sp³-hybridized carbons (Fsp3) is 0.364. The zero-order valence-electron chi connectivity index (χ0n) is 9.17. The van der Waals surface area contributed by atoms with Crippen molar-refractivity contribution >= 4 is 18.0 Å². The molecule has 4 nitrogen and oxygen atoms in total. The molecular weight excluding hydrogens is 228 g/mol. The van der Waals surface area contributed by atoms with E-state index in [1.807, 2.05) is 12.1 Å². The number of carbonyl (C=O) groups is 1. The van der Waals surface area contributed by atoms with Crippen LogP contribution >= 0.6 is 12.0 Å². The third-order valence-electron chi connectivity index (χ3n) is 2.03. The van der Waals surface area contributed by atoms with Crippen LogP contribution in [0, 0.1) is 0 Å². The molecule has 0 heterocycles. The minimum Gasteiger partial charge on any atom is -0.497 e. The van der Waals surface area contributed by atoms with E-state index in [-0.39, 0.29) is 6.61 Å². The molecule has 0 aliphatic rings. The van der Waals surface area contributed by atoms with E-state index in [0.717, 1.165) is 11.3 Å². The molecule has 1 aromatic carbocycles. The number of hydrogen-bond donors (Lipinski definition) is 1. The molecule has 1 rings (SSSR count). The molecule has 0 bridgehead atoms. The summed E-state index contributed by atoms with van der Waals surface area (Å²) in [7, 11) is 1.59. The van der Waals surface area contributed by atoms with E-state index in [1.54, 1.807) is 26.2 Å². The predicted molar refractivity (Wildman–Crippen MR) is 62.5 cm³/mol. The van der Waals surface area contributed by atoms with Crippen molar-refractivity contribution in [3.63, 3.8) is 0 Å². The van der Waals surface area contributed by atoms with Crippen LogP contribution in [0.25, 0.3) is 0 Å². The number of ether oxygens (including phenoxy) is 2. The van der Waals surface area contributed by atoms with Crippen molar-refractivity contribution in [3.05, 3.63) is 29.8 Å². The number of hydrogen-bond acceptors (Lipinski definition) is 5. The first-order valence-corrected chi connectivity index (χ1v) is 5.61. The van der Waals surface area contributed by atoms with E-state index in [9.17, 15) is 4.79 Å². The molecule has 16 heavy (non-hydrogen) atoms. The number of carbonyl (C=O) groups excluding carboxylic acids is 1. The summed E-state index contributed by atoms with van der Waals surface area (Å²) in [5, 5.41) is -0.557. The van der Waals surface area contributed by atoms with Gasteiger partial charge in [-0.25, -0.2) is 0 Å². The molecule has 0 saturated heterocycles. The Morgan fingerprint density at radius 1 is 1.44 bits per heavy atom. The normalized spacial score (nSPS) is 11.9. The van der Waals surface area contributed by atoms with Crippen LogP contribution in [0.3, 0.4) is 0 Å². The third kappa shape index (κ3) is 3.75. The smallest absolute Gasteiger partial charge is 0.321 e. The molecule has 0 aliphatic carbocycles. The predicted octanol–water partition coefficient (Wildman–Crippen LogP) is 2.33. The lowest BCUT2D eigenvalue weighted by atomic mass is 10.2. The van der Waals surface area contributed by atoms with E-state index >= 15 is 0 Å². The molecule has 88 valence electrons. The Balaban J connectivity index is 2.45. The lowest BCUT2D eigenvalue weighted by Crippen LogP contribution is -2.16. The second-order valence-corrected chi connectivity index (χ2v) is 4.12. The van der Waals surface area contributed by atoms with Gasteiger partial charge in [-0.1, -0.05) is 12.1 Å². The molecule has 1 N–H and O–H groups in total. The van der Waals surface area contributed by atoms with Crippen molar-refractivity contribution in [2.75, 3.05) is 7.11 Å². The first-order valence-electron chi connectivity index (χ1n) is 4.77. The van der Waals surface area contributed by atoms with Gasteiger partial charge in [0.15, 0.2) is 0 Å². The molecule has 0 fully saturated rings. The van der Waals surface area contributed by atoms with Crippen molar-refractivity contribution in [2.24, 2.45) is 0 Å². The average molecular weight is 242 g/mol. The minimum atomic E-state index is -0.557. The second kappa shape index (κ2) is 6.40. The zero-order valence-corrected chi connectivity index (χ0v) is 9.99. The highest BCUT2D eigenvalue weighted by Gasteiger charge is 2.13. The van der Waals surface area contributed by atoms with Crippen LogP contribution < -0.4 is 4.74 Å². The van der Waals surface area contributed by atoms with Gasteiger partial charge in [0.2, 0.25) is 0 Å². The van der Waals surface area contributed by atoms with Gasteiger partial charge in [-0.3, -0.25) is 4.79 Å². The van der Waals surface area contributed by atoms with Gasteiger partial charge in [0.05, 0.1) is 7.11 Å². The molecule has 1 aromatic rings. The molecule has 1 unspecified atom stereocenters. The topological polar surface area (TPSA) is 55.8 Å². The minimum absolute atomic E-state index is 0.202. The molecular formula is C11H14O4S. The van der Waals surface area contributed by atoms with Crippen molar-refractivity contribution < 1.29 is 18.8 Å². The van der Waals surface area contributed by atoms with Crippen LogP contribution in [-0.2, 0) is 16.1 Å². The van der Waals surface area contributed by atoms with Crippen LogP contribution in [0.2, 0.25) is 0 Å². The first-order chi connectivity index (χ1) is 7.67. The molecule has 5 heteroatoms. The summed E-state index contributed by atoms with van der Waals surface area (Å²) in [6, 6.07) is 7.24. The molecule has 1 atom stereocenters. The molecule has 0 aliphatic heterocycles. The van der Waals surface area contributed by atoms with Crippen molar-refractivity contribution in [1.29, 1.82) is 0 Å². The van der Waals surface area contributed by atoms with E-state index in [0.29, 0.717) is 12.0 Å². The number of methoxy groups -OCH3 is 1. The van der Waals surface area contributed by atoms with Gasteiger partial charge in [-0.05, 0) is 24.6 Å². The SMILES string of the molecule is COc1ccc(COC(=O)C(C)SO)cc1. The van der Waals surface area contributed by atoms with Crippen LogP contribution in [0.4, 0.5) is 0 Å². The van der Waals surface area contributed by atoms with Crippen molar-refractivity contribution in [3.8, 4) is 5.75 Å². The highest BCUT2D eigenvalue weighted by Crippen LogP contribution is 2.13. The summed E-state index contributed by atoms with van der Waals surface area (Å²) in [4.78, 5) is 11.2. The number of rotatable bonds is 5. The van der Waals surface area contributed by atoms with Gasteiger partial charge in [-0.15, -0.1) is 0 Å². The fourth-order valence-electron chi connectivity index (χ4n) is 1.04. The summed E-state index contributed by atoms with van der Waals surface area (Å²) in [5.74, 6) is 0.331. The van der Waals surface area contributed by atoms with Crippen LogP contribution in [0.5, 0.6) is 5.75 Å². The summed E-state index contributed by atoms with van der Waals surface area (Å²) in [6.45, 7) is 1.79. The molecule has 0 spiro atoms. The molecule has 0 saturated carbocycles. The average Bonchev–Trinajstić information content (AvgIpc) is 2.35. The van der Waals surface area contributed by atoms with Gasteiger partial charge < -0.3 is 14.0 Å². The summed E-state index contributed by atoms with van der Waals surface area (Å²) >= 11 is 0.480. The van der Waals surface area contributed by atoms with Crippen molar-refractivity contribution in [1.82, 2.24) is 0 Å². The van der Waals surface area contributed by atoms with Gasteiger partial charge in [-0.2, -0.15) is 0 Å². The highest BCUT2D eigenvalue weighted by molar-refractivity contribution is 7.95. The van der Waals surface area contributed by atoms with Crippen LogP contribution in [0.15, 0.2) is 24.3 Å². The monoisotopic (exact) mass is 242 g/mol. The zero-order chi connectivity index (χ0) is 12.0. The third-order valence-corrected chi connectivity index (χ3v) is 2.54. The Morgan fingerprint density at radius 3 is 2.56 bits per heavy atom. The maximum absolute atomic E-state index is 11.2. The maximum Gasteiger partial charge on any atom is 0.321 e. The van der Waals surface area contributed by atoms with Gasteiger partial charge in [0, 0.05) is 12.0 Å². The highest BCUT2D eigenvalue weighted by atomic mass is 32.2. The second-order valence-electron chi connectivity index (χ2n) is 3.20. The molecule has 0 aromatic heterocycles. The largest absolute Gasteiger partial charge is 0.497 e. The molecule has 0 amide bonds. The Kier molecular flexibility index (Phi) is 5.14. The lowest BCUT2D eigenvalue weighted by Gasteiger charge is -2.08. The van der Waals surface area contributed by atoms with Crippen LogP contribution in [0.1, 0.15) is 12.5 Å². The number of benzene rings is 1. The Bertz CT molecular complexity index is 336. The summed E-state index contributed by atoms with van der Waals surface area (Å²) in [6.07, 6.45) is 0. The quantitative estimate of drug-likeness (QED) is 0.634. The van der Waals surface area contributed by atoms with Gasteiger partial charge >= 0.3 is 5.97 Å². The van der Waals surface area contributed by atoms with Gasteiger partial charge in [0.25, 0.3) is 0 Å². The van der Waals surface area contributed by atoms with Crippen molar-refractivity contribution in [2.45, 2.75) is 18.8 Å². The summed E-state index contributed by atoms with van der Waals surface area (Å²) in [5.41, 5.74) is 0.879. The Hall–Kier alpha value is -1.20. The standard InChI is InChI=1S/C11H14O4S/c1-8(16-13)11(12)15-7-9-3-5-10(14-2)6-4-9/h3-6,8,13H,7H2,1-2H3. The van der Waals surface area contributed by atoms with E-state index in [2.05, 4.69) is 0 Å². The van der Waals surface area contributed by atoms with E-state index in [4.69, 9.17) is 14.0 Å². The Morgan fingerprint density at radius 2 is 2.06 bits per heavy atom. The van der Waals surface area contributed by atoms with Crippen LogP contribution in [-0.4, -0.2) is 22.9 Å². The van der Waals surface area contributed by atoms with E-state index < -0.39 is 11.2 Å². The summed E-state index contributed by atoms with van der Waals surface area (Å²) < 4.78 is 18.7. The number of esters is 1. The first kappa shape index (κ1) is 12.9. The lowest BCUT2D eigenvalue weighted by molar-refractivity contribution is -0.144. The molecule has 0 radical (unpaired) electrons. The Labute approximate surface area is 98.8 Å². The fourth-order valence-corrected chi connectivity index (χ4v) is 1.19. The maximum atomic E-state index is 11.2. The van der Waals surface area contributed by atoms with E-state index in [1.165, 1.54) is 0 Å². The van der Waals surface area contributed by atoms with Gasteiger partial charge in [0.1, 0.15) is 17.6 Å².